The first-order valence-electron chi connectivity index (χ1n) is 6.57. The first kappa shape index (κ1) is 16.0. The highest BCUT2D eigenvalue weighted by Gasteiger charge is 2.17. The Balaban J connectivity index is 1.97. The zero-order chi connectivity index (χ0) is 15.4. The summed E-state index contributed by atoms with van der Waals surface area (Å²) in [7, 11) is 0. The van der Waals surface area contributed by atoms with E-state index < -0.39 is 0 Å². The van der Waals surface area contributed by atoms with Crippen LogP contribution in [0.15, 0.2) is 4.52 Å². The molecule has 0 unspecified atom stereocenters. The fourth-order valence-electron chi connectivity index (χ4n) is 1.66. The maximum atomic E-state index is 12.2. The van der Waals surface area contributed by atoms with Gasteiger partial charge in [-0.15, -0.1) is 11.3 Å². The van der Waals surface area contributed by atoms with Crippen LogP contribution >= 0.6 is 23.1 Å². The molecule has 0 aliphatic heterocycles. The summed E-state index contributed by atoms with van der Waals surface area (Å²) in [6.07, 6.45) is 1.97. The van der Waals surface area contributed by atoms with E-state index >= 15 is 0 Å². The summed E-state index contributed by atoms with van der Waals surface area (Å²) in [5, 5.41) is 7.60. The van der Waals surface area contributed by atoms with Crippen LogP contribution in [0.3, 0.4) is 0 Å². The average molecular weight is 326 g/mol. The smallest absolute Gasteiger partial charge is 0.263 e. The second kappa shape index (κ2) is 7.04. The Morgan fingerprint density at radius 2 is 2.19 bits per heavy atom. The molecule has 21 heavy (non-hydrogen) atoms. The fourth-order valence-corrected chi connectivity index (χ4v) is 3.02. The van der Waals surface area contributed by atoms with E-state index in [0.717, 1.165) is 10.7 Å². The number of aryl methyl sites for hydroxylation is 1. The van der Waals surface area contributed by atoms with Crippen molar-refractivity contribution in [1.82, 2.24) is 20.4 Å². The summed E-state index contributed by atoms with van der Waals surface area (Å²) >= 11 is 3.05. The number of nitrogens with one attached hydrogen (secondary N) is 1. The van der Waals surface area contributed by atoms with Crippen LogP contribution in [0.25, 0.3) is 0 Å². The second-order valence-corrected chi connectivity index (χ2v) is 6.74. The lowest BCUT2D eigenvalue weighted by molar-refractivity contribution is 0.0949. The SMILES string of the molecule is CSCc1noc(CNC(=O)c2sc(C(C)C)nc2C)n1. The highest BCUT2D eigenvalue weighted by atomic mass is 32.2. The number of carbonyl (C=O) groups is 1. The van der Waals surface area contributed by atoms with E-state index in [2.05, 4.69) is 34.3 Å². The molecule has 2 heterocycles. The van der Waals surface area contributed by atoms with E-state index in [1.54, 1.807) is 11.8 Å². The van der Waals surface area contributed by atoms with Crippen LogP contribution in [0, 0.1) is 6.92 Å². The minimum atomic E-state index is -0.151. The van der Waals surface area contributed by atoms with Crippen molar-refractivity contribution in [2.75, 3.05) is 6.26 Å². The Morgan fingerprint density at radius 1 is 1.43 bits per heavy atom. The van der Waals surface area contributed by atoms with E-state index in [-0.39, 0.29) is 12.5 Å². The van der Waals surface area contributed by atoms with Gasteiger partial charge in [0.05, 0.1) is 23.0 Å². The molecule has 0 aliphatic rings. The van der Waals surface area contributed by atoms with Gasteiger partial charge in [-0.05, 0) is 13.2 Å². The van der Waals surface area contributed by atoms with E-state index in [1.165, 1.54) is 11.3 Å². The molecule has 0 saturated carbocycles. The van der Waals surface area contributed by atoms with Crippen molar-refractivity contribution >= 4 is 29.0 Å². The molecule has 8 heteroatoms. The first-order valence-corrected chi connectivity index (χ1v) is 8.78. The van der Waals surface area contributed by atoms with Gasteiger partial charge in [0.25, 0.3) is 5.91 Å². The van der Waals surface area contributed by atoms with Gasteiger partial charge < -0.3 is 9.84 Å². The summed E-state index contributed by atoms with van der Waals surface area (Å²) < 4.78 is 5.08. The van der Waals surface area contributed by atoms with Crippen LogP contribution in [-0.4, -0.2) is 27.3 Å². The number of hydrogen-bond donors (Lipinski definition) is 1. The Morgan fingerprint density at radius 3 is 2.81 bits per heavy atom. The number of aromatic nitrogens is 3. The Bertz CT molecular complexity index is 621. The maximum absolute atomic E-state index is 12.2. The lowest BCUT2D eigenvalue weighted by Crippen LogP contribution is -2.22. The average Bonchev–Trinajstić information content (AvgIpc) is 3.03. The minimum absolute atomic E-state index is 0.151. The number of thioether (sulfide) groups is 1. The van der Waals surface area contributed by atoms with E-state index in [4.69, 9.17) is 4.52 Å². The van der Waals surface area contributed by atoms with E-state index in [9.17, 15) is 4.79 Å². The van der Waals surface area contributed by atoms with Crippen molar-refractivity contribution < 1.29 is 9.32 Å². The van der Waals surface area contributed by atoms with Crippen LogP contribution in [0.2, 0.25) is 0 Å². The van der Waals surface area contributed by atoms with Gasteiger partial charge in [0.15, 0.2) is 5.82 Å². The zero-order valence-electron chi connectivity index (χ0n) is 12.5. The van der Waals surface area contributed by atoms with Gasteiger partial charge in [-0.1, -0.05) is 19.0 Å². The number of amides is 1. The first-order chi connectivity index (χ1) is 10.0. The third-order valence-corrected chi connectivity index (χ3v) is 4.70. The zero-order valence-corrected chi connectivity index (χ0v) is 14.1. The Kier molecular flexibility index (Phi) is 5.35. The summed E-state index contributed by atoms with van der Waals surface area (Å²) in [5.74, 6) is 1.92. The normalized spacial score (nSPS) is 11.1. The lowest BCUT2D eigenvalue weighted by Gasteiger charge is -2.00. The van der Waals surface area contributed by atoms with Gasteiger partial charge in [0.1, 0.15) is 4.88 Å². The van der Waals surface area contributed by atoms with Crippen molar-refractivity contribution in [3.63, 3.8) is 0 Å². The van der Waals surface area contributed by atoms with E-state index in [1.807, 2.05) is 13.2 Å². The van der Waals surface area contributed by atoms with Crippen molar-refractivity contribution in [1.29, 1.82) is 0 Å². The molecule has 2 aromatic heterocycles. The monoisotopic (exact) mass is 326 g/mol. The summed E-state index contributed by atoms with van der Waals surface area (Å²) in [4.78, 5) is 21.4. The number of nitrogens with zero attached hydrogens (tertiary/aromatic N) is 3. The van der Waals surface area contributed by atoms with Crippen LogP contribution in [0.4, 0.5) is 0 Å². The minimum Gasteiger partial charge on any atom is -0.342 e. The van der Waals surface area contributed by atoms with Crippen LogP contribution in [0.1, 0.15) is 51.9 Å². The van der Waals surface area contributed by atoms with Crippen molar-refractivity contribution in [3.8, 4) is 0 Å². The predicted molar refractivity (Wildman–Crippen MR) is 83.6 cm³/mol. The molecule has 0 aromatic carbocycles. The number of hydrogen-bond acceptors (Lipinski definition) is 7. The molecule has 1 N–H and O–H groups in total. The number of carbonyl (C=O) groups excluding carboxylic acids is 1. The Hall–Kier alpha value is -1.41. The second-order valence-electron chi connectivity index (χ2n) is 4.84. The molecule has 0 saturated heterocycles. The van der Waals surface area contributed by atoms with Gasteiger partial charge in [0.2, 0.25) is 5.89 Å². The fraction of sp³-hybridized carbons (Fsp3) is 0.538. The van der Waals surface area contributed by atoms with Gasteiger partial charge >= 0.3 is 0 Å². The summed E-state index contributed by atoms with van der Waals surface area (Å²) in [5.41, 5.74) is 0.759. The largest absolute Gasteiger partial charge is 0.342 e. The van der Waals surface area contributed by atoms with Crippen LogP contribution < -0.4 is 5.32 Å². The molecule has 114 valence electrons. The standard InChI is InChI=1S/C13H18N4O2S2/c1-7(2)13-15-8(3)11(21-13)12(18)14-5-10-16-9(6-20-4)17-19-10/h7H,5-6H2,1-4H3,(H,14,18). The number of rotatable bonds is 6. The summed E-state index contributed by atoms with van der Waals surface area (Å²) in [6, 6.07) is 0. The van der Waals surface area contributed by atoms with Gasteiger partial charge in [0, 0.05) is 5.92 Å². The van der Waals surface area contributed by atoms with Crippen LogP contribution in [0.5, 0.6) is 0 Å². The van der Waals surface area contributed by atoms with Gasteiger partial charge in [-0.2, -0.15) is 16.7 Å². The molecule has 1 amide bonds. The molecular formula is C13H18N4O2S2. The highest BCUT2D eigenvalue weighted by molar-refractivity contribution is 7.97. The molecule has 0 aliphatic carbocycles. The summed E-state index contributed by atoms with van der Waals surface area (Å²) in [6.45, 7) is 6.20. The molecule has 0 spiro atoms. The molecular weight excluding hydrogens is 308 g/mol. The highest BCUT2D eigenvalue weighted by Crippen LogP contribution is 2.24. The quantitative estimate of drug-likeness (QED) is 0.879. The van der Waals surface area contributed by atoms with Gasteiger partial charge in [-0.25, -0.2) is 4.98 Å². The molecule has 0 bridgehead atoms. The molecule has 0 atom stereocenters. The van der Waals surface area contributed by atoms with Crippen molar-refractivity contribution in [2.45, 2.75) is 39.0 Å². The molecule has 0 fully saturated rings. The molecule has 6 nitrogen and oxygen atoms in total. The Labute approximate surface area is 131 Å². The van der Waals surface area contributed by atoms with E-state index in [0.29, 0.717) is 28.3 Å². The third kappa shape index (κ3) is 4.04. The van der Waals surface area contributed by atoms with Crippen molar-refractivity contribution in [2.24, 2.45) is 0 Å². The van der Waals surface area contributed by atoms with Crippen molar-refractivity contribution in [3.05, 3.63) is 27.3 Å². The molecule has 0 radical (unpaired) electrons. The maximum Gasteiger partial charge on any atom is 0.263 e. The number of thiazole rings is 1. The molecule has 2 aromatic rings. The third-order valence-electron chi connectivity index (χ3n) is 2.70. The predicted octanol–water partition coefficient (Wildman–Crippen LogP) is 2.75. The lowest BCUT2D eigenvalue weighted by atomic mass is 10.2. The molecule has 2 rings (SSSR count). The van der Waals surface area contributed by atoms with Gasteiger partial charge in [-0.3, -0.25) is 4.79 Å². The van der Waals surface area contributed by atoms with Crippen LogP contribution in [-0.2, 0) is 12.3 Å². The topological polar surface area (TPSA) is 80.9 Å².